The number of carboxylic acids is 1. The van der Waals surface area contributed by atoms with E-state index in [2.05, 4.69) is 0 Å². The van der Waals surface area contributed by atoms with E-state index in [4.69, 9.17) is 5.11 Å². The minimum atomic E-state index is -1.24. The average molecular weight is 148 g/mol. The second-order valence-corrected chi connectivity index (χ2v) is 2.41. The quantitative estimate of drug-likeness (QED) is 0.660. The zero-order valence-corrected chi connectivity index (χ0v) is 6.30. The molecule has 2 nitrogen and oxygen atoms in total. The second-order valence-electron chi connectivity index (χ2n) is 2.41. The Morgan fingerprint density at radius 1 is 1.70 bits per heavy atom. The van der Waals surface area contributed by atoms with Gasteiger partial charge in [0.2, 0.25) is 0 Å². The zero-order valence-electron chi connectivity index (χ0n) is 6.30. The summed E-state index contributed by atoms with van der Waals surface area (Å²) in [6.07, 6.45) is -0.101. The van der Waals surface area contributed by atoms with Crippen LogP contribution in [-0.4, -0.2) is 17.2 Å². The molecule has 0 fully saturated rings. The first-order valence-corrected chi connectivity index (χ1v) is 3.46. The highest BCUT2D eigenvalue weighted by Gasteiger charge is 2.22. The Morgan fingerprint density at radius 2 is 2.20 bits per heavy atom. The lowest BCUT2D eigenvalue weighted by atomic mass is 10.00. The Hall–Kier alpha value is -0.600. The Balaban J connectivity index is 3.85. The summed E-state index contributed by atoms with van der Waals surface area (Å²) >= 11 is 0. The molecule has 0 amide bonds. The van der Waals surface area contributed by atoms with Crippen LogP contribution < -0.4 is 0 Å². The van der Waals surface area contributed by atoms with Gasteiger partial charge in [0.15, 0.2) is 0 Å². The lowest BCUT2D eigenvalue weighted by Crippen LogP contribution is -2.22. The second kappa shape index (κ2) is 4.25. The standard InChI is InChI=1S/C7H13FO2/c1-3-4-6(5(2)8)7(9)10/h5-6H,3-4H2,1-2H3,(H,9,10). The van der Waals surface area contributed by atoms with Crippen LogP contribution in [0.25, 0.3) is 0 Å². The number of halogens is 1. The minimum absolute atomic E-state index is 0.424. The molecule has 0 spiro atoms. The molecule has 60 valence electrons. The molecule has 0 aliphatic rings. The average Bonchev–Trinajstić information content (AvgIpc) is 1.81. The SMILES string of the molecule is CCCC(C(=O)O)C(C)F. The molecule has 10 heavy (non-hydrogen) atoms. The number of hydrogen-bond donors (Lipinski definition) is 1. The normalized spacial score (nSPS) is 16.3. The fourth-order valence-corrected chi connectivity index (χ4v) is 0.861. The number of carbonyl (C=O) groups is 1. The number of rotatable bonds is 4. The Kier molecular flexibility index (Phi) is 4.00. The van der Waals surface area contributed by atoms with E-state index in [0.29, 0.717) is 12.8 Å². The summed E-state index contributed by atoms with van der Waals surface area (Å²) < 4.78 is 12.4. The third-order valence-electron chi connectivity index (χ3n) is 1.47. The number of alkyl halides is 1. The van der Waals surface area contributed by atoms with Crippen LogP contribution in [0, 0.1) is 5.92 Å². The van der Waals surface area contributed by atoms with Gasteiger partial charge in [-0.2, -0.15) is 0 Å². The molecule has 0 saturated carbocycles. The van der Waals surface area contributed by atoms with Gasteiger partial charge in [0.25, 0.3) is 0 Å². The lowest BCUT2D eigenvalue weighted by molar-refractivity contribution is -0.144. The van der Waals surface area contributed by atoms with E-state index in [9.17, 15) is 9.18 Å². The smallest absolute Gasteiger partial charge is 0.309 e. The van der Waals surface area contributed by atoms with Crippen LogP contribution in [0.1, 0.15) is 26.7 Å². The molecule has 0 aromatic heterocycles. The molecule has 2 atom stereocenters. The van der Waals surface area contributed by atoms with Gasteiger partial charge in [-0.15, -0.1) is 0 Å². The molecule has 0 saturated heterocycles. The van der Waals surface area contributed by atoms with Crippen molar-refractivity contribution >= 4 is 5.97 Å². The monoisotopic (exact) mass is 148 g/mol. The summed E-state index contributed by atoms with van der Waals surface area (Å²) in [7, 11) is 0. The highest BCUT2D eigenvalue weighted by molar-refractivity contribution is 5.70. The van der Waals surface area contributed by atoms with Crippen LogP contribution in [-0.2, 0) is 4.79 Å². The molecule has 0 rings (SSSR count). The Morgan fingerprint density at radius 3 is 2.30 bits per heavy atom. The molecule has 2 unspecified atom stereocenters. The fraction of sp³-hybridized carbons (Fsp3) is 0.857. The molecule has 0 bridgehead atoms. The number of aliphatic carboxylic acids is 1. The van der Waals surface area contributed by atoms with E-state index < -0.39 is 18.1 Å². The first kappa shape index (κ1) is 9.40. The predicted molar refractivity (Wildman–Crippen MR) is 36.6 cm³/mol. The van der Waals surface area contributed by atoms with E-state index in [1.54, 1.807) is 0 Å². The summed E-state index contributed by atoms with van der Waals surface area (Å²) in [4.78, 5) is 10.3. The first-order valence-electron chi connectivity index (χ1n) is 3.46. The molecule has 1 N–H and O–H groups in total. The Bertz CT molecular complexity index is 112. The molecule has 0 heterocycles. The van der Waals surface area contributed by atoms with Gasteiger partial charge in [-0.3, -0.25) is 4.79 Å². The van der Waals surface area contributed by atoms with E-state index in [0.717, 1.165) is 0 Å². The zero-order chi connectivity index (χ0) is 8.15. The lowest BCUT2D eigenvalue weighted by Gasteiger charge is -2.10. The molecule has 0 aromatic carbocycles. The number of hydrogen-bond acceptors (Lipinski definition) is 1. The molecule has 3 heteroatoms. The van der Waals surface area contributed by atoms with Crippen molar-refractivity contribution in [2.75, 3.05) is 0 Å². The van der Waals surface area contributed by atoms with Gasteiger partial charge in [0.1, 0.15) is 6.17 Å². The van der Waals surface area contributed by atoms with Gasteiger partial charge in [-0.25, -0.2) is 4.39 Å². The first-order chi connectivity index (χ1) is 4.59. The summed E-state index contributed by atoms with van der Waals surface area (Å²) in [5.41, 5.74) is 0. The largest absolute Gasteiger partial charge is 0.481 e. The topological polar surface area (TPSA) is 37.3 Å². The summed E-state index contributed by atoms with van der Waals surface area (Å²) in [5.74, 6) is -1.85. The van der Waals surface area contributed by atoms with Gasteiger partial charge >= 0.3 is 5.97 Å². The van der Waals surface area contributed by atoms with Crippen molar-refractivity contribution < 1.29 is 14.3 Å². The summed E-state index contributed by atoms with van der Waals surface area (Å²) in [5, 5.41) is 8.43. The van der Waals surface area contributed by atoms with E-state index in [1.165, 1.54) is 6.92 Å². The van der Waals surface area contributed by atoms with Crippen molar-refractivity contribution in [2.24, 2.45) is 5.92 Å². The maximum Gasteiger partial charge on any atom is 0.309 e. The van der Waals surface area contributed by atoms with E-state index in [1.807, 2.05) is 6.92 Å². The molecule has 0 aliphatic heterocycles. The van der Waals surface area contributed by atoms with E-state index >= 15 is 0 Å². The van der Waals surface area contributed by atoms with Gasteiger partial charge < -0.3 is 5.11 Å². The van der Waals surface area contributed by atoms with Crippen molar-refractivity contribution in [2.45, 2.75) is 32.9 Å². The molecular weight excluding hydrogens is 135 g/mol. The van der Waals surface area contributed by atoms with Crippen molar-refractivity contribution in [3.8, 4) is 0 Å². The van der Waals surface area contributed by atoms with Crippen LogP contribution in [0.3, 0.4) is 0 Å². The van der Waals surface area contributed by atoms with Crippen molar-refractivity contribution in [3.63, 3.8) is 0 Å². The summed E-state index contributed by atoms with van der Waals surface area (Å²) in [6, 6.07) is 0. The van der Waals surface area contributed by atoms with Crippen LogP contribution >= 0.6 is 0 Å². The fourth-order valence-electron chi connectivity index (χ4n) is 0.861. The van der Waals surface area contributed by atoms with Crippen molar-refractivity contribution in [3.05, 3.63) is 0 Å². The predicted octanol–water partition coefficient (Wildman–Crippen LogP) is 1.85. The molecule has 0 radical (unpaired) electrons. The van der Waals surface area contributed by atoms with Crippen molar-refractivity contribution in [1.29, 1.82) is 0 Å². The van der Waals surface area contributed by atoms with E-state index in [-0.39, 0.29) is 0 Å². The van der Waals surface area contributed by atoms with Gasteiger partial charge in [-0.05, 0) is 13.3 Å². The van der Waals surface area contributed by atoms with Crippen LogP contribution in [0.15, 0.2) is 0 Å². The third-order valence-corrected chi connectivity index (χ3v) is 1.47. The Labute approximate surface area is 60.1 Å². The third kappa shape index (κ3) is 2.80. The van der Waals surface area contributed by atoms with Gasteiger partial charge in [0.05, 0.1) is 5.92 Å². The maximum absolute atomic E-state index is 12.4. The molecular formula is C7H13FO2. The highest BCUT2D eigenvalue weighted by atomic mass is 19.1. The van der Waals surface area contributed by atoms with Gasteiger partial charge in [-0.1, -0.05) is 13.3 Å². The minimum Gasteiger partial charge on any atom is -0.481 e. The van der Waals surface area contributed by atoms with Crippen LogP contribution in [0.4, 0.5) is 4.39 Å². The summed E-state index contributed by atoms with van der Waals surface area (Å²) in [6.45, 7) is 3.13. The number of carboxylic acid groups (broad SMARTS) is 1. The highest BCUT2D eigenvalue weighted by Crippen LogP contribution is 2.13. The maximum atomic E-state index is 12.4. The van der Waals surface area contributed by atoms with Gasteiger partial charge in [0, 0.05) is 0 Å². The van der Waals surface area contributed by atoms with Crippen LogP contribution in [0.5, 0.6) is 0 Å². The molecule has 0 aliphatic carbocycles. The van der Waals surface area contributed by atoms with Crippen molar-refractivity contribution in [1.82, 2.24) is 0 Å². The molecule has 0 aromatic rings. The van der Waals surface area contributed by atoms with Crippen LogP contribution in [0.2, 0.25) is 0 Å².